The van der Waals surface area contributed by atoms with Crippen molar-refractivity contribution >= 4 is 15.5 Å². The number of hydrogen-bond donors (Lipinski definition) is 4. The number of benzene rings is 2. The summed E-state index contributed by atoms with van der Waals surface area (Å²) in [6.07, 6.45) is -2.05. The highest BCUT2D eigenvalue weighted by atomic mass is 32.2. The molecule has 9 heteroatoms. The summed E-state index contributed by atoms with van der Waals surface area (Å²) in [6, 6.07) is 11.8. The molecule has 0 radical (unpaired) electrons. The first-order chi connectivity index (χ1) is 15.7. The minimum atomic E-state index is -3.81. The van der Waals surface area contributed by atoms with E-state index in [9.17, 15) is 23.7 Å². The van der Waals surface area contributed by atoms with Gasteiger partial charge in [0.15, 0.2) is 15.3 Å². The summed E-state index contributed by atoms with van der Waals surface area (Å²) in [5.74, 6) is 1.32. The van der Waals surface area contributed by atoms with E-state index >= 15 is 0 Å². The van der Waals surface area contributed by atoms with Crippen LogP contribution in [0.4, 0.5) is 5.69 Å². The second-order valence-electron chi connectivity index (χ2n) is 9.24. The third-order valence-corrected chi connectivity index (χ3v) is 7.85. The predicted molar refractivity (Wildman–Crippen MR) is 122 cm³/mol. The van der Waals surface area contributed by atoms with Crippen LogP contribution in [0.5, 0.6) is 5.75 Å². The van der Waals surface area contributed by atoms with Gasteiger partial charge in [0.05, 0.1) is 5.69 Å². The Labute approximate surface area is 193 Å². The molecule has 5 atom stereocenters. The third-order valence-electron chi connectivity index (χ3n) is 6.62. The van der Waals surface area contributed by atoms with Crippen LogP contribution in [0.3, 0.4) is 0 Å². The van der Waals surface area contributed by atoms with Crippen molar-refractivity contribution in [1.82, 2.24) is 0 Å². The standard InChI is InChI=1S/C24H29NO7S/c1-33(29,30)24-22(28)20(26)21(27)23(32-24)15-5-6-17(14-3-4-14)16(12-15)10-13-2-7-19-18(11-13)25-8-9-31-19/h2,5-7,11-12,14,20-28H,3-4,8-10H2,1H3/t20-,21-,22+,23+,24-/m1/s1. The van der Waals surface area contributed by atoms with Crippen molar-refractivity contribution in [3.05, 3.63) is 58.7 Å². The molecule has 3 aliphatic rings. The Morgan fingerprint density at radius 3 is 2.55 bits per heavy atom. The fourth-order valence-corrected chi connectivity index (χ4v) is 5.73. The molecule has 2 aromatic carbocycles. The van der Waals surface area contributed by atoms with Crippen LogP contribution in [0, 0.1) is 0 Å². The summed E-state index contributed by atoms with van der Waals surface area (Å²) in [5.41, 5.74) is 3.31. The molecule has 2 aliphatic heterocycles. The zero-order chi connectivity index (χ0) is 23.3. The van der Waals surface area contributed by atoms with Crippen LogP contribution in [0.1, 0.15) is 47.1 Å². The summed E-state index contributed by atoms with van der Waals surface area (Å²) in [7, 11) is -3.81. The second kappa shape index (κ2) is 8.56. The van der Waals surface area contributed by atoms with Crippen LogP contribution >= 0.6 is 0 Å². The molecule has 0 amide bonds. The van der Waals surface area contributed by atoms with Crippen molar-refractivity contribution < 1.29 is 33.2 Å². The highest BCUT2D eigenvalue weighted by Gasteiger charge is 2.48. The fourth-order valence-electron chi connectivity index (χ4n) is 4.74. The topological polar surface area (TPSA) is 125 Å². The zero-order valence-electron chi connectivity index (χ0n) is 18.3. The van der Waals surface area contributed by atoms with Gasteiger partial charge in [0.1, 0.15) is 36.8 Å². The summed E-state index contributed by atoms with van der Waals surface area (Å²) in [4.78, 5) is 0. The Morgan fingerprint density at radius 2 is 1.82 bits per heavy atom. The van der Waals surface area contributed by atoms with Gasteiger partial charge in [-0.1, -0.05) is 24.3 Å². The van der Waals surface area contributed by atoms with Crippen molar-refractivity contribution in [2.24, 2.45) is 0 Å². The lowest BCUT2D eigenvalue weighted by Gasteiger charge is -2.40. The monoisotopic (exact) mass is 475 g/mol. The molecule has 5 rings (SSSR count). The van der Waals surface area contributed by atoms with Gasteiger partial charge in [-0.3, -0.25) is 0 Å². The molecule has 0 unspecified atom stereocenters. The minimum absolute atomic E-state index is 0.488. The van der Waals surface area contributed by atoms with Gasteiger partial charge < -0.3 is 30.1 Å². The van der Waals surface area contributed by atoms with Crippen LogP contribution in [0.25, 0.3) is 0 Å². The van der Waals surface area contributed by atoms with E-state index in [1.54, 1.807) is 0 Å². The number of aliphatic hydroxyl groups excluding tert-OH is 3. The van der Waals surface area contributed by atoms with E-state index in [4.69, 9.17) is 9.47 Å². The van der Waals surface area contributed by atoms with Crippen molar-refractivity contribution in [3.8, 4) is 5.75 Å². The normalized spacial score (nSPS) is 29.6. The van der Waals surface area contributed by atoms with Gasteiger partial charge in [-0.2, -0.15) is 0 Å². The smallest absolute Gasteiger partial charge is 0.187 e. The minimum Gasteiger partial charge on any atom is -0.490 e. The molecule has 4 N–H and O–H groups in total. The van der Waals surface area contributed by atoms with Crippen molar-refractivity contribution in [1.29, 1.82) is 0 Å². The molecule has 1 aliphatic carbocycles. The first-order valence-electron chi connectivity index (χ1n) is 11.2. The summed E-state index contributed by atoms with van der Waals surface area (Å²) in [5, 5.41) is 34.4. The Bertz CT molecular complexity index is 1150. The van der Waals surface area contributed by atoms with Gasteiger partial charge in [0.2, 0.25) is 0 Å². The molecule has 178 valence electrons. The van der Waals surface area contributed by atoms with Crippen LogP contribution in [-0.2, 0) is 21.0 Å². The third kappa shape index (κ3) is 4.48. The number of anilines is 1. The maximum Gasteiger partial charge on any atom is 0.187 e. The fraction of sp³-hybridized carbons (Fsp3) is 0.500. The van der Waals surface area contributed by atoms with Gasteiger partial charge >= 0.3 is 0 Å². The SMILES string of the molecule is CS(=O)(=O)[C@H]1O[C@@H](c2ccc(C3CC3)c(Cc3ccc4c(c3)NCCO4)c2)[C@H](O)[C@@H](O)[C@@H]1O. The molecule has 1 saturated carbocycles. The highest BCUT2D eigenvalue weighted by Crippen LogP contribution is 2.44. The maximum absolute atomic E-state index is 12.1. The van der Waals surface area contributed by atoms with Crippen LogP contribution < -0.4 is 10.1 Å². The summed E-state index contributed by atoms with van der Waals surface area (Å²) >= 11 is 0. The molecule has 0 bridgehead atoms. The highest BCUT2D eigenvalue weighted by molar-refractivity contribution is 7.91. The summed E-state index contributed by atoms with van der Waals surface area (Å²) < 4.78 is 35.5. The van der Waals surface area contributed by atoms with E-state index in [0.717, 1.165) is 48.2 Å². The molecular weight excluding hydrogens is 446 g/mol. The Kier molecular flexibility index (Phi) is 5.86. The largest absolute Gasteiger partial charge is 0.490 e. The number of rotatable bonds is 5. The van der Waals surface area contributed by atoms with Gasteiger partial charge in [-0.15, -0.1) is 0 Å². The van der Waals surface area contributed by atoms with E-state index in [-0.39, 0.29) is 0 Å². The molecule has 2 aromatic rings. The number of hydrogen-bond acceptors (Lipinski definition) is 8. The second-order valence-corrected chi connectivity index (χ2v) is 11.4. The first-order valence-corrected chi connectivity index (χ1v) is 13.2. The van der Waals surface area contributed by atoms with Crippen molar-refractivity contribution in [2.75, 3.05) is 24.7 Å². The van der Waals surface area contributed by atoms with E-state index in [2.05, 4.69) is 11.4 Å². The number of aliphatic hydroxyl groups is 3. The average molecular weight is 476 g/mol. The van der Waals surface area contributed by atoms with Gasteiger partial charge in [-0.25, -0.2) is 8.42 Å². The molecule has 1 saturated heterocycles. The molecule has 33 heavy (non-hydrogen) atoms. The average Bonchev–Trinajstić information content (AvgIpc) is 3.62. The number of fused-ring (bicyclic) bond motifs is 1. The van der Waals surface area contributed by atoms with Crippen LogP contribution in [0.2, 0.25) is 0 Å². The lowest BCUT2D eigenvalue weighted by Crippen LogP contribution is -2.56. The Morgan fingerprint density at radius 1 is 1.03 bits per heavy atom. The van der Waals surface area contributed by atoms with E-state index in [0.29, 0.717) is 24.5 Å². The van der Waals surface area contributed by atoms with E-state index in [1.807, 2.05) is 30.3 Å². The molecule has 2 heterocycles. The molecule has 0 aromatic heterocycles. The van der Waals surface area contributed by atoms with E-state index < -0.39 is 39.7 Å². The number of sulfone groups is 1. The number of nitrogens with one attached hydrogen (secondary N) is 1. The predicted octanol–water partition coefficient (Wildman–Crippen LogP) is 1.48. The van der Waals surface area contributed by atoms with Crippen LogP contribution in [-0.4, -0.2) is 66.9 Å². The maximum atomic E-state index is 12.1. The lowest BCUT2D eigenvalue weighted by molar-refractivity contribution is -0.202. The molecule has 2 fully saturated rings. The first kappa shape index (κ1) is 22.6. The molecule has 0 spiro atoms. The van der Waals surface area contributed by atoms with Crippen molar-refractivity contribution in [2.45, 2.75) is 55.0 Å². The molecular formula is C24H29NO7S. The molecule has 8 nitrogen and oxygen atoms in total. The lowest BCUT2D eigenvalue weighted by atomic mass is 9.89. The number of ether oxygens (including phenoxy) is 2. The quantitative estimate of drug-likeness (QED) is 0.513. The Balaban J connectivity index is 1.48. The van der Waals surface area contributed by atoms with Crippen LogP contribution in [0.15, 0.2) is 36.4 Å². The Hall–Kier alpha value is -2.17. The van der Waals surface area contributed by atoms with E-state index in [1.165, 1.54) is 5.56 Å². The zero-order valence-corrected chi connectivity index (χ0v) is 19.2. The van der Waals surface area contributed by atoms with Crippen molar-refractivity contribution in [3.63, 3.8) is 0 Å². The van der Waals surface area contributed by atoms with Gasteiger partial charge in [-0.05, 0) is 59.6 Å². The van der Waals surface area contributed by atoms with Gasteiger partial charge in [0.25, 0.3) is 0 Å². The summed E-state index contributed by atoms with van der Waals surface area (Å²) in [6.45, 7) is 1.39. The van der Waals surface area contributed by atoms with Gasteiger partial charge in [0, 0.05) is 12.8 Å².